The Kier molecular flexibility index (Phi) is 8.74. The van der Waals surface area contributed by atoms with E-state index in [2.05, 4.69) is 0 Å². The zero-order valence-corrected chi connectivity index (χ0v) is 13.7. The van der Waals surface area contributed by atoms with Crippen LogP contribution in [0.3, 0.4) is 0 Å². The summed E-state index contributed by atoms with van der Waals surface area (Å²) in [5.41, 5.74) is 6.75. The molecule has 1 aromatic carbocycles. The number of rotatable bonds is 10. The lowest BCUT2D eigenvalue weighted by molar-refractivity contribution is -0.143. The van der Waals surface area contributed by atoms with Gasteiger partial charge in [-0.2, -0.15) is 0 Å². The minimum Gasteiger partial charge on any atom is -0.494 e. The molecule has 0 amide bonds. The van der Waals surface area contributed by atoms with E-state index in [4.69, 9.17) is 15.2 Å². The van der Waals surface area contributed by atoms with Crippen molar-refractivity contribution in [3.63, 3.8) is 0 Å². The minimum atomic E-state index is -0.0983. The summed E-state index contributed by atoms with van der Waals surface area (Å²) in [6, 6.07) is 5.76. The molecule has 0 aliphatic carbocycles. The molecule has 4 nitrogen and oxygen atoms in total. The second-order valence-electron chi connectivity index (χ2n) is 4.60. The molecule has 0 heterocycles. The molecule has 0 fully saturated rings. The van der Waals surface area contributed by atoms with Gasteiger partial charge in [0.1, 0.15) is 5.75 Å². The first-order valence-corrected chi connectivity index (χ1v) is 8.46. The Bertz CT molecular complexity index is 438. The average Bonchev–Trinajstić information content (AvgIpc) is 2.46. The standard InChI is InChI=1S/C16H25NO3S/c1-3-19-13-9-10-14(17)15(12-13)21-11-7-5-6-8-16(18)20-4-2/h9-10,12H,3-8,11,17H2,1-2H3. The molecular formula is C16H25NO3S. The summed E-state index contributed by atoms with van der Waals surface area (Å²) in [4.78, 5) is 12.2. The number of hydrogen-bond acceptors (Lipinski definition) is 5. The van der Waals surface area contributed by atoms with Crippen molar-refractivity contribution in [1.29, 1.82) is 0 Å². The second kappa shape index (κ2) is 10.4. The maximum atomic E-state index is 11.2. The van der Waals surface area contributed by atoms with Crippen LogP contribution in [-0.4, -0.2) is 24.9 Å². The SMILES string of the molecule is CCOC(=O)CCCCCSc1cc(OCC)ccc1N. The highest BCUT2D eigenvalue weighted by molar-refractivity contribution is 7.99. The van der Waals surface area contributed by atoms with Crippen molar-refractivity contribution < 1.29 is 14.3 Å². The van der Waals surface area contributed by atoms with E-state index in [-0.39, 0.29) is 5.97 Å². The summed E-state index contributed by atoms with van der Waals surface area (Å²) < 4.78 is 10.4. The number of unbranched alkanes of at least 4 members (excludes halogenated alkanes) is 2. The molecule has 2 N–H and O–H groups in total. The van der Waals surface area contributed by atoms with E-state index in [9.17, 15) is 4.79 Å². The number of esters is 1. The van der Waals surface area contributed by atoms with Crippen molar-refractivity contribution in [2.75, 3.05) is 24.7 Å². The van der Waals surface area contributed by atoms with Crippen LogP contribution in [0.15, 0.2) is 23.1 Å². The van der Waals surface area contributed by atoms with Crippen molar-refractivity contribution in [3.8, 4) is 5.75 Å². The third-order valence-electron chi connectivity index (χ3n) is 2.88. The summed E-state index contributed by atoms with van der Waals surface area (Å²) in [7, 11) is 0. The van der Waals surface area contributed by atoms with Gasteiger partial charge in [-0.05, 0) is 50.6 Å². The van der Waals surface area contributed by atoms with E-state index >= 15 is 0 Å². The van der Waals surface area contributed by atoms with E-state index in [0.29, 0.717) is 19.6 Å². The average molecular weight is 311 g/mol. The molecule has 0 unspecified atom stereocenters. The van der Waals surface area contributed by atoms with Crippen LogP contribution in [0.25, 0.3) is 0 Å². The van der Waals surface area contributed by atoms with Crippen LogP contribution in [0.2, 0.25) is 0 Å². The molecular weight excluding hydrogens is 286 g/mol. The maximum absolute atomic E-state index is 11.2. The number of ether oxygens (including phenoxy) is 2. The highest BCUT2D eigenvalue weighted by Gasteiger charge is 2.04. The fraction of sp³-hybridized carbons (Fsp3) is 0.562. The Labute approximate surface area is 131 Å². The van der Waals surface area contributed by atoms with Crippen LogP contribution < -0.4 is 10.5 Å². The Balaban J connectivity index is 2.23. The number of thioether (sulfide) groups is 1. The first-order chi connectivity index (χ1) is 10.2. The fourth-order valence-electron chi connectivity index (χ4n) is 1.86. The van der Waals surface area contributed by atoms with E-state index in [1.54, 1.807) is 11.8 Å². The van der Waals surface area contributed by atoms with E-state index in [1.165, 1.54) is 0 Å². The van der Waals surface area contributed by atoms with E-state index in [0.717, 1.165) is 41.3 Å². The number of benzene rings is 1. The number of hydrogen-bond donors (Lipinski definition) is 1. The lowest BCUT2D eigenvalue weighted by Gasteiger charge is -2.09. The molecule has 1 aromatic rings. The van der Waals surface area contributed by atoms with Gasteiger partial charge in [0, 0.05) is 17.0 Å². The summed E-state index contributed by atoms with van der Waals surface area (Å²) in [6.07, 6.45) is 3.48. The smallest absolute Gasteiger partial charge is 0.305 e. The van der Waals surface area contributed by atoms with Gasteiger partial charge >= 0.3 is 5.97 Å². The molecule has 1 rings (SSSR count). The van der Waals surface area contributed by atoms with Gasteiger partial charge in [-0.15, -0.1) is 11.8 Å². The van der Waals surface area contributed by atoms with Crippen molar-refractivity contribution in [3.05, 3.63) is 18.2 Å². The van der Waals surface area contributed by atoms with Crippen LogP contribution >= 0.6 is 11.8 Å². The van der Waals surface area contributed by atoms with Crippen molar-refractivity contribution >= 4 is 23.4 Å². The fourth-order valence-corrected chi connectivity index (χ4v) is 2.86. The lowest BCUT2D eigenvalue weighted by atomic mass is 10.2. The van der Waals surface area contributed by atoms with Gasteiger partial charge in [-0.25, -0.2) is 0 Å². The van der Waals surface area contributed by atoms with Crippen LogP contribution in [0, 0.1) is 0 Å². The van der Waals surface area contributed by atoms with Crippen LogP contribution in [0.1, 0.15) is 39.5 Å². The number of carbonyl (C=O) groups is 1. The quantitative estimate of drug-likeness (QED) is 0.307. The molecule has 0 aliphatic heterocycles. The molecule has 0 radical (unpaired) electrons. The van der Waals surface area contributed by atoms with Crippen molar-refractivity contribution in [1.82, 2.24) is 0 Å². The zero-order chi connectivity index (χ0) is 15.5. The largest absolute Gasteiger partial charge is 0.494 e. The Morgan fingerprint density at radius 1 is 1.19 bits per heavy atom. The van der Waals surface area contributed by atoms with E-state index < -0.39 is 0 Å². The Hall–Kier alpha value is -1.36. The minimum absolute atomic E-state index is 0.0983. The van der Waals surface area contributed by atoms with Crippen molar-refractivity contribution in [2.24, 2.45) is 0 Å². The Morgan fingerprint density at radius 3 is 2.71 bits per heavy atom. The third-order valence-corrected chi connectivity index (χ3v) is 4.04. The Morgan fingerprint density at radius 2 is 2.00 bits per heavy atom. The molecule has 0 aromatic heterocycles. The van der Waals surface area contributed by atoms with Gasteiger partial charge in [0.15, 0.2) is 0 Å². The summed E-state index contributed by atoms with van der Waals surface area (Å²) in [5.74, 6) is 1.75. The van der Waals surface area contributed by atoms with Gasteiger partial charge in [0.05, 0.1) is 13.2 Å². The third kappa shape index (κ3) is 7.27. The summed E-state index contributed by atoms with van der Waals surface area (Å²) >= 11 is 1.73. The number of nitrogens with two attached hydrogens (primary N) is 1. The molecule has 118 valence electrons. The number of carbonyl (C=O) groups excluding carboxylic acids is 1. The molecule has 0 saturated heterocycles. The monoisotopic (exact) mass is 311 g/mol. The molecule has 5 heteroatoms. The van der Waals surface area contributed by atoms with Gasteiger partial charge in [-0.3, -0.25) is 4.79 Å². The summed E-state index contributed by atoms with van der Waals surface area (Å²) in [5, 5.41) is 0. The predicted octanol–water partition coefficient (Wildman–Crippen LogP) is 3.88. The maximum Gasteiger partial charge on any atom is 0.305 e. The zero-order valence-electron chi connectivity index (χ0n) is 12.9. The number of anilines is 1. The first kappa shape index (κ1) is 17.7. The predicted molar refractivity (Wildman–Crippen MR) is 87.8 cm³/mol. The highest BCUT2D eigenvalue weighted by atomic mass is 32.2. The normalized spacial score (nSPS) is 10.4. The molecule has 0 saturated carbocycles. The second-order valence-corrected chi connectivity index (χ2v) is 5.73. The topological polar surface area (TPSA) is 61.5 Å². The van der Waals surface area contributed by atoms with Gasteiger partial charge in [0.2, 0.25) is 0 Å². The van der Waals surface area contributed by atoms with Gasteiger partial charge in [-0.1, -0.05) is 6.42 Å². The van der Waals surface area contributed by atoms with Crippen molar-refractivity contribution in [2.45, 2.75) is 44.4 Å². The molecule has 21 heavy (non-hydrogen) atoms. The molecule has 0 spiro atoms. The van der Waals surface area contributed by atoms with Gasteiger partial charge in [0.25, 0.3) is 0 Å². The first-order valence-electron chi connectivity index (χ1n) is 7.48. The van der Waals surface area contributed by atoms with Crippen LogP contribution in [0.4, 0.5) is 5.69 Å². The summed E-state index contributed by atoms with van der Waals surface area (Å²) in [6.45, 7) is 4.91. The molecule has 0 aliphatic rings. The highest BCUT2D eigenvalue weighted by Crippen LogP contribution is 2.30. The van der Waals surface area contributed by atoms with Crippen LogP contribution in [0.5, 0.6) is 5.75 Å². The van der Waals surface area contributed by atoms with E-state index in [1.807, 2.05) is 32.0 Å². The molecule has 0 atom stereocenters. The lowest BCUT2D eigenvalue weighted by Crippen LogP contribution is -2.03. The van der Waals surface area contributed by atoms with Crippen LogP contribution in [-0.2, 0) is 9.53 Å². The number of nitrogen functional groups attached to an aromatic ring is 1. The van der Waals surface area contributed by atoms with Gasteiger partial charge < -0.3 is 15.2 Å². The molecule has 0 bridgehead atoms.